The number of hydrogen-bond donors (Lipinski definition) is 1. The van der Waals surface area contributed by atoms with Crippen LogP contribution in [-0.4, -0.2) is 42.0 Å². The molecule has 1 aromatic rings. The summed E-state index contributed by atoms with van der Waals surface area (Å²) in [5.74, 6) is -0.228. The Morgan fingerprint density at radius 3 is 2.82 bits per heavy atom. The quantitative estimate of drug-likeness (QED) is 0.870. The maximum atomic E-state index is 12.5. The first-order valence-electron chi connectivity index (χ1n) is 7.86. The Morgan fingerprint density at radius 1 is 1.41 bits per heavy atom. The van der Waals surface area contributed by atoms with Gasteiger partial charge in [0.15, 0.2) is 0 Å². The number of piperidine rings is 1. The zero-order valence-electron chi connectivity index (χ0n) is 13.2. The summed E-state index contributed by atoms with van der Waals surface area (Å²) in [7, 11) is 0. The molecule has 0 spiro atoms. The zero-order valence-corrected chi connectivity index (χ0v) is 13.2. The van der Waals surface area contributed by atoms with E-state index in [1.165, 1.54) is 0 Å². The first-order chi connectivity index (χ1) is 10.6. The summed E-state index contributed by atoms with van der Waals surface area (Å²) in [6.45, 7) is 5.35. The van der Waals surface area contributed by atoms with E-state index in [9.17, 15) is 9.59 Å². The molecule has 0 aromatic heterocycles. The van der Waals surface area contributed by atoms with Crippen LogP contribution in [0.25, 0.3) is 0 Å². The number of nitrogens with zero attached hydrogens (tertiary/aromatic N) is 1. The van der Waals surface area contributed by atoms with E-state index in [2.05, 4.69) is 5.32 Å². The standard InChI is InChI=1S/C17H24N2O3/c1-3-22-13(2)16(20)18-15-10-7-11-19(17(15)21)12-14-8-5-4-6-9-14/h4-6,8-9,13,15H,3,7,10-12H2,1-2H3,(H,18,20). The molecule has 2 amide bonds. The molecule has 1 fully saturated rings. The molecular weight excluding hydrogens is 280 g/mol. The first kappa shape index (κ1) is 16.5. The summed E-state index contributed by atoms with van der Waals surface area (Å²) in [6.07, 6.45) is 1.06. The Kier molecular flexibility index (Phi) is 5.95. The number of amides is 2. The highest BCUT2D eigenvalue weighted by Crippen LogP contribution is 2.15. The van der Waals surface area contributed by atoms with Crippen molar-refractivity contribution in [2.75, 3.05) is 13.2 Å². The Bertz CT molecular complexity index is 504. The second-order valence-corrected chi connectivity index (χ2v) is 5.55. The van der Waals surface area contributed by atoms with Crippen LogP contribution in [0, 0.1) is 0 Å². The van der Waals surface area contributed by atoms with Crippen LogP contribution in [0.2, 0.25) is 0 Å². The van der Waals surface area contributed by atoms with Crippen LogP contribution in [0.5, 0.6) is 0 Å². The van der Waals surface area contributed by atoms with Crippen LogP contribution in [-0.2, 0) is 20.9 Å². The van der Waals surface area contributed by atoms with Crippen molar-refractivity contribution in [2.24, 2.45) is 0 Å². The van der Waals surface area contributed by atoms with E-state index >= 15 is 0 Å². The smallest absolute Gasteiger partial charge is 0.249 e. The Balaban J connectivity index is 1.93. The van der Waals surface area contributed by atoms with Crippen LogP contribution in [0.3, 0.4) is 0 Å². The predicted molar refractivity (Wildman–Crippen MR) is 84.1 cm³/mol. The fraction of sp³-hybridized carbons (Fsp3) is 0.529. The van der Waals surface area contributed by atoms with Crippen LogP contribution in [0.15, 0.2) is 30.3 Å². The zero-order chi connectivity index (χ0) is 15.9. The lowest BCUT2D eigenvalue weighted by Crippen LogP contribution is -2.53. The number of carbonyl (C=O) groups is 2. The largest absolute Gasteiger partial charge is 0.369 e. The van der Waals surface area contributed by atoms with Crippen LogP contribution < -0.4 is 5.32 Å². The van der Waals surface area contributed by atoms with Gasteiger partial charge in [0.05, 0.1) is 0 Å². The average molecular weight is 304 g/mol. The summed E-state index contributed by atoms with van der Waals surface area (Å²) in [5, 5.41) is 2.81. The maximum absolute atomic E-state index is 12.5. The molecule has 5 nitrogen and oxygen atoms in total. The topological polar surface area (TPSA) is 58.6 Å². The second kappa shape index (κ2) is 7.94. The van der Waals surface area contributed by atoms with Crippen molar-refractivity contribution < 1.29 is 14.3 Å². The maximum Gasteiger partial charge on any atom is 0.249 e. The molecule has 120 valence electrons. The van der Waals surface area contributed by atoms with Gasteiger partial charge in [-0.3, -0.25) is 9.59 Å². The SMILES string of the molecule is CCOC(C)C(=O)NC1CCCN(Cc2ccccc2)C1=O. The van der Waals surface area contributed by atoms with Gasteiger partial charge in [-0.15, -0.1) is 0 Å². The van der Waals surface area contributed by atoms with E-state index in [-0.39, 0.29) is 11.8 Å². The predicted octanol–water partition coefficient (Wildman–Crippen LogP) is 1.72. The second-order valence-electron chi connectivity index (χ2n) is 5.55. The minimum absolute atomic E-state index is 0.00727. The van der Waals surface area contributed by atoms with Crippen molar-refractivity contribution >= 4 is 11.8 Å². The Labute approximate surface area is 131 Å². The van der Waals surface area contributed by atoms with E-state index < -0.39 is 12.1 Å². The van der Waals surface area contributed by atoms with E-state index in [0.717, 1.165) is 18.5 Å². The molecule has 0 aliphatic carbocycles. The molecule has 0 bridgehead atoms. The van der Waals surface area contributed by atoms with Gasteiger partial charge in [0.1, 0.15) is 12.1 Å². The van der Waals surface area contributed by atoms with Gasteiger partial charge in [-0.25, -0.2) is 0 Å². The van der Waals surface area contributed by atoms with Crippen molar-refractivity contribution in [3.05, 3.63) is 35.9 Å². The number of benzene rings is 1. The number of hydrogen-bond acceptors (Lipinski definition) is 3. The normalized spacial score (nSPS) is 19.8. The Hall–Kier alpha value is -1.88. The molecule has 22 heavy (non-hydrogen) atoms. The number of likely N-dealkylation sites (tertiary alicyclic amines) is 1. The molecule has 1 saturated heterocycles. The molecular formula is C17H24N2O3. The fourth-order valence-electron chi connectivity index (χ4n) is 2.65. The molecule has 2 rings (SSSR count). The fourth-order valence-corrected chi connectivity index (χ4v) is 2.65. The molecule has 0 saturated carbocycles. The lowest BCUT2D eigenvalue weighted by molar-refractivity contribution is -0.142. The minimum atomic E-state index is -0.526. The van der Waals surface area contributed by atoms with Gasteiger partial charge < -0.3 is 15.0 Å². The average Bonchev–Trinajstić information content (AvgIpc) is 2.52. The van der Waals surface area contributed by atoms with Crippen molar-refractivity contribution in [2.45, 2.75) is 45.4 Å². The molecule has 2 unspecified atom stereocenters. The first-order valence-corrected chi connectivity index (χ1v) is 7.86. The van der Waals surface area contributed by atoms with Gasteiger partial charge >= 0.3 is 0 Å². The van der Waals surface area contributed by atoms with Crippen molar-refractivity contribution in [3.8, 4) is 0 Å². The molecule has 1 heterocycles. The number of carbonyl (C=O) groups excluding carboxylic acids is 2. The van der Waals surface area contributed by atoms with E-state index in [1.807, 2.05) is 42.2 Å². The van der Waals surface area contributed by atoms with Gasteiger partial charge in [0.2, 0.25) is 11.8 Å². The van der Waals surface area contributed by atoms with Gasteiger partial charge in [-0.05, 0) is 32.3 Å². The van der Waals surface area contributed by atoms with Crippen LogP contribution in [0.1, 0.15) is 32.3 Å². The van der Waals surface area contributed by atoms with Gasteiger partial charge in [0, 0.05) is 19.7 Å². The number of rotatable bonds is 6. The summed E-state index contributed by atoms with van der Waals surface area (Å²) >= 11 is 0. The lowest BCUT2D eigenvalue weighted by Gasteiger charge is -2.33. The van der Waals surface area contributed by atoms with Crippen molar-refractivity contribution in [1.82, 2.24) is 10.2 Å². The Morgan fingerprint density at radius 2 is 2.14 bits per heavy atom. The third kappa shape index (κ3) is 4.31. The molecule has 1 aliphatic rings. The third-order valence-corrected chi connectivity index (χ3v) is 3.85. The minimum Gasteiger partial charge on any atom is -0.369 e. The summed E-state index contributed by atoms with van der Waals surface area (Å²) in [6, 6.07) is 9.46. The molecule has 1 aromatic carbocycles. The molecule has 1 aliphatic heterocycles. The van der Waals surface area contributed by atoms with E-state index in [1.54, 1.807) is 6.92 Å². The molecule has 5 heteroatoms. The molecule has 2 atom stereocenters. The lowest BCUT2D eigenvalue weighted by atomic mass is 10.0. The number of nitrogens with one attached hydrogen (secondary N) is 1. The molecule has 1 N–H and O–H groups in total. The summed E-state index contributed by atoms with van der Waals surface area (Å²) in [5.41, 5.74) is 1.10. The van der Waals surface area contributed by atoms with Gasteiger partial charge in [-0.1, -0.05) is 30.3 Å². The van der Waals surface area contributed by atoms with Gasteiger partial charge in [0.25, 0.3) is 0 Å². The highest BCUT2D eigenvalue weighted by molar-refractivity contribution is 5.89. The number of ether oxygens (including phenoxy) is 1. The van der Waals surface area contributed by atoms with Crippen LogP contribution >= 0.6 is 0 Å². The molecule has 0 radical (unpaired) electrons. The highest BCUT2D eigenvalue weighted by atomic mass is 16.5. The van der Waals surface area contributed by atoms with Crippen LogP contribution in [0.4, 0.5) is 0 Å². The summed E-state index contributed by atoms with van der Waals surface area (Å²) in [4.78, 5) is 26.3. The van der Waals surface area contributed by atoms with E-state index in [4.69, 9.17) is 4.74 Å². The van der Waals surface area contributed by atoms with E-state index in [0.29, 0.717) is 19.6 Å². The third-order valence-electron chi connectivity index (χ3n) is 3.85. The highest BCUT2D eigenvalue weighted by Gasteiger charge is 2.30. The van der Waals surface area contributed by atoms with Crippen molar-refractivity contribution in [1.29, 1.82) is 0 Å². The summed E-state index contributed by atoms with van der Waals surface area (Å²) < 4.78 is 5.27. The van der Waals surface area contributed by atoms with Crippen molar-refractivity contribution in [3.63, 3.8) is 0 Å². The monoisotopic (exact) mass is 304 g/mol. The van der Waals surface area contributed by atoms with Gasteiger partial charge in [-0.2, -0.15) is 0 Å².